The average Bonchev–Trinajstić information content (AvgIpc) is 1.37. The van der Waals surface area contributed by atoms with E-state index in [0.29, 0.717) is 0 Å². The van der Waals surface area contributed by atoms with Gasteiger partial charge in [0, 0.05) is 0 Å². The minimum atomic E-state index is 0. The fourth-order valence-corrected chi connectivity index (χ4v) is 0. The van der Waals surface area contributed by atoms with E-state index in [1.807, 2.05) is 0 Å². The van der Waals surface area contributed by atoms with E-state index in [1.54, 1.807) is 6.92 Å². The number of nitrogens with zero attached hydrogens (tertiary/aromatic N) is 1. The Morgan fingerprint density at radius 2 is 2.00 bits per heavy atom. The molecule has 0 aromatic rings. The Hall–Kier alpha value is 1.28. The van der Waals surface area contributed by atoms with Crippen molar-refractivity contribution in [3.63, 3.8) is 0 Å². The maximum atomic E-state index is 4.54. The van der Waals surface area contributed by atoms with Gasteiger partial charge in [0.1, 0.15) is 0 Å². The van der Waals surface area contributed by atoms with Crippen molar-refractivity contribution in [2.24, 2.45) is 10.9 Å². The van der Waals surface area contributed by atoms with E-state index in [1.165, 1.54) is 0 Å². The molecule has 5 heavy (non-hydrogen) atoms. The van der Waals surface area contributed by atoms with E-state index in [0.717, 1.165) is 0 Å². The van der Waals surface area contributed by atoms with Crippen LogP contribution in [0.2, 0.25) is 0 Å². The number of rotatable bonds is 0. The first-order valence-corrected chi connectivity index (χ1v) is 0.982. The Kier molecular flexibility index (Phi) is 17.2. The van der Waals surface area contributed by atoms with Gasteiger partial charge in [0.05, 0.1) is 0 Å². The van der Waals surface area contributed by atoms with Crippen LogP contribution < -0.4 is 64.0 Å². The fraction of sp³-hybridized carbons (Fsp3) is 0.500. The topological polar surface area (TPSA) is 38.4 Å². The molecular weight excluding hydrogens is 138 g/mol. The van der Waals surface area contributed by atoms with E-state index < -0.39 is 0 Å². The van der Waals surface area contributed by atoms with E-state index in [2.05, 4.69) is 17.2 Å². The molecule has 3 heteroatoms. The third kappa shape index (κ3) is 10.9. The minimum absolute atomic E-state index is 0. The number of nitrogens with two attached hydrogens (primary N) is 1. The van der Waals surface area contributed by atoms with E-state index in [9.17, 15) is 0 Å². The summed E-state index contributed by atoms with van der Waals surface area (Å²) in [6.45, 7) is 1.64. The van der Waals surface area contributed by atoms with Gasteiger partial charge in [-0.25, -0.2) is 0 Å². The molecule has 2 nitrogen and oxygen atoms in total. The van der Waals surface area contributed by atoms with Gasteiger partial charge in [-0.1, -0.05) is 0 Å². The van der Waals surface area contributed by atoms with Crippen molar-refractivity contribution in [1.82, 2.24) is 0 Å². The molecule has 0 heterocycles. The predicted octanol–water partition coefficient (Wildman–Crippen LogP) is -3.17. The van der Waals surface area contributed by atoms with Crippen LogP contribution in [0.5, 0.6) is 0 Å². The van der Waals surface area contributed by atoms with Gasteiger partial charge in [-0.3, -0.25) is 0 Å². The summed E-state index contributed by atoms with van der Waals surface area (Å²) < 4.78 is 0. The van der Waals surface area contributed by atoms with E-state index >= 15 is 0 Å². The van der Waals surface area contributed by atoms with Gasteiger partial charge in [-0.15, -0.1) is 0 Å². The van der Waals surface area contributed by atoms with Crippen molar-refractivity contribution in [1.29, 1.82) is 0 Å². The summed E-state index contributed by atoms with van der Waals surface area (Å²) in [6.07, 6.45) is 2.33. The van der Waals surface area contributed by atoms with Crippen LogP contribution in [0.1, 0.15) is 6.92 Å². The van der Waals surface area contributed by atoms with Crippen molar-refractivity contribution in [2.45, 2.75) is 6.92 Å². The number of hydrogen-bond donors (Lipinski definition) is 1. The molecule has 0 amide bonds. The summed E-state index contributed by atoms with van der Waals surface area (Å²) >= 11 is 0. The Morgan fingerprint density at radius 1 is 1.80 bits per heavy atom. The Morgan fingerprint density at radius 3 is 2.00 bits per heavy atom. The van der Waals surface area contributed by atoms with Gasteiger partial charge in [-0.2, -0.15) is 6.92 Å². The Balaban J connectivity index is 0. The largest absolute Gasteiger partial charge is 1.00 e. The number of hydrazone groups is 1. The third-order valence-electron chi connectivity index (χ3n) is 0.129. The molecule has 0 saturated carbocycles. The Bertz CT molecular complexity index is 22.8. The van der Waals surface area contributed by atoms with Crippen molar-refractivity contribution in [3.8, 4) is 0 Å². The molecule has 0 atom stereocenters. The second kappa shape index (κ2) is 8.99. The van der Waals surface area contributed by atoms with Gasteiger partial charge in [0.15, 0.2) is 0 Å². The molecule has 0 unspecified atom stereocenters. The first-order chi connectivity index (χ1) is 1.91. The molecule has 0 aliphatic carbocycles. The van der Waals surface area contributed by atoms with Crippen LogP contribution in [-0.4, -0.2) is 6.21 Å². The molecule has 0 aromatic heterocycles. The van der Waals surface area contributed by atoms with Crippen LogP contribution >= 0.6 is 0 Å². The molecule has 0 aliphatic rings. The Labute approximate surface area is 80.6 Å². The number of hydrogen-bond acceptors (Lipinski definition) is 2. The van der Waals surface area contributed by atoms with Crippen LogP contribution in [0.3, 0.4) is 0 Å². The smallest absolute Gasteiger partial charge is 0.408 e. The van der Waals surface area contributed by atoms with Gasteiger partial charge in [-0.05, 0) is 0 Å². The summed E-state index contributed by atoms with van der Waals surface area (Å²) in [6, 6.07) is 0. The molecule has 0 saturated heterocycles. The van der Waals surface area contributed by atoms with Gasteiger partial charge in [0.25, 0.3) is 0 Å². The van der Waals surface area contributed by atoms with Crippen LogP contribution in [-0.2, 0) is 0 Å². The van der Waals surface area contributed by atoms with E-state index in [-0.39, 0.29) is 58.2 Å². The predicted molar refractivity (Wildman–Crippen MR) is 17.3 cm³/mol. The zero-order chi connectivity index (χ0) is 3.41. The molecule has 0 radical (unpaired) electrons. The molecular formula is C2H5N2Rb. The molecule has 0 bridgehead atoms. The summed E-state index contributed by atoms with van der Waals surface area (Å²) in [5, 5.41) is 2.99. The second-order valence-corrected chi connectivity index (χ2v) is 0.353. The first-order valence-electron chi connectivity index (χ1n) is 0.982. The van der Waals surface area contributed by atoms with Crippen molar-refractivity contribution in [2.75, 3.05) is 0 Å². The van der Waals surface area contributed by atoms with Crippen molar-refractivity contribution >= 4 is 6.21 Å². The van der Waals surface area contributed by atoms with Gasteiger partial charge in [0.2, 0.25) is 0 Å². The normalized spacial score (nSPS) is 7.40. The molecule has 0 rings (SSSR count). The average molecular weight is 143 g/mol. The first kappa shape index (κ1) is 9.55. The van der Waals surface area contributed by atoms with Crippen LogP contribution in [0, 0.1) is 0 Å². The summed E-state index contributed by atoms with van der Waals surface area (Å²) in [5.74, 6) is 4.54. The molecule has 24 valence electrons. The summed E-state index contributed by atoms with van der Waals surface area (Å²) in [4.78, 5) is 0. The molecule has 0 aliphatic heterocycles. The quantitative estimate of drug-likeness (QED) is 0.165. The summed E-state index contributed by atoms with van der Waals surface area (Å²) in [5.41, 5.74) is 0. The summed E-state index contributed by atoms with van der Waals surface area (Å²) in [7, 11) is 0. The second-order valence-electron chi connectivity index (χ2n) is 0.353. The molecule has 0 spiro atoms. The van der Waals surface area contributed by atoms with Crippen molar-refractivity contribution in [3.05, 3.63) is 0 Å². The van der Waals surface area contributed by atoms with Crippen LogP contribution in [0.25, 0.3) is 0 Å². The molecule has 0 fully saturated rings. The fourth-order valence-electron chi connectivity index (χ4n) is 0. The standard InChI is InChI=1S/C2H5N2.Rb/c1-2-4-3;/h3H2,1H3;/q-1;+1. The third-order valence-corrected chi connectivity index (χ3v) is 0.129. The minimum Gasteiger partial charge on any atom is -0.408 e. The monoisotopic (exact) mass is 142 g/mol. The van der Waals surface area contributed by atoms with Crippen molar-refractivity contribution < 1.29 is 58.2 Å². The zero-order valence-corrected chi connectivity index (χ0v) is 8.44. The SMILES string of the molecule is C[C-]=NN.[Rb+]. The zero-order valence-electron chi connectivity index (χ0n) is 3.52. The maximum Gasteiger partial charge on any atom is 1.00 e. The molecule has 0 aromatic carbocycles. The van der Waals surface area contributed by atoms with Crippen LogP contribution in [0.4, 0.5) is 0 Å². The van der Waals surface area contributed by atoms with Crippen LogP contribution in [0.15, 0.2) is 5.10 Å². The van der Waals surface area contributed by atoms with E-state index in [4.69, 9.17) is 0 Å². The van der Waals surface area contributed by atoms with Gasteiger partial charge >= 0.3 is 58.2 Å². The maximum absolute atomic E-state index is 4.54. The van der Waals surface area contributed by atoms with Gasteiger partial charge < -0.3 is 17.2 Å². The molecule has 2 N–H and O–H groups in total.